The zero-order chi connectivity index (χ0) is 33.1. The molecule has 3 heterocycles. The fraction of sp³-hybridized carbons (Fsp3) is 0.389. The predicted octanol–water partition coefficient (Wildman–Crippen LogP) is 7.27. The highest BCUT2D eigenvalue weighted by atomic mass is 16.6. The van der Waals surface area contributed by atoms with E-state index in [2.05, 4.69) is 21.4 Å². The molecule has 1 saturated heterocycles. The zero-order valence-corrected chi connectivity index (χ0v) is 27.3. The molecule has 2 aromatic carbocycles. The van der Waals surface area contributed by atoms with E-state index in [9.17, 15) is 14.9 Å². The summed E-state index contributed by atoms with van der Waals surface area (Å²) in [4.78, 5) is 41.1. The third kappa shape index (κ3) is 7.42. The number of carbonyl (C=O) groups excluding carboxylic acids is 2. The third-order valence-corrected chi connectivity index (χ3v) is 7.93. The first-order valence-corrected chi connectivity index (χ1v) is 15.5. The number of anilines is 1. The minimum Gasteiger partial charge on any atom is -0.444 e. The van der Waals surface area contributed by atoms with Crippen LogP contribution in [0.15, 0.2) is 60.9 Å². The molecule has 1 aliphatic heterocycles. The largest absolute Gasteiger partial charge is 0.444 e. The van der Waals surface area contributed by atoms with Crippen LogP contribution in [0.1, 0.15) is 58.6 Å². The first-order valence-electron chi connectivity index (χ1n) is 15.5. The number of hydrogen-bond donors (Lipinski definition) is 1. The van der Waals surface area contributed by atoms with Crippen LogP contribution in [0.5, 0.6) is 11.6 Å². The molecular formula is C36H40N6O4. The minimum atomic E-state index is -1.07. The number of ether oxygens (including phenoxy) is 2. The van der Waals surface area contributed by atoms with Gasteiger partial charge in [-0.25, -0.2) is 19.7 Å². The lowest BCUT2D eigenvalue weighted by Gasteiger charge is -2.34. The Morgan fingerprint density at radius 3 is 2.59 bits per heavy atom. The molecule has 4 aromatic rings. The summed E-state index contributed by atoms with van der Waals surface area (Å²) >= 11 is 0. The van der Waals surface area contributed by atoms with Crippen molar-refractivity contribution in [1.29, 1.82) is 5.26 Å². The van der Waals surface area contributed by atoms with Crippen molar-refractivity contribution in [2.24, 2.45) is 5.41 Å². The second kappa shape index (κ2) is 13.1. The summed E-state index contributed by atoms with van der Waals surface area (Å²) in [6.45, 7) is 12.0. The molecule has 46 heavy (non-hydrogen) atoms. The fourth-order valence-corrected chi connectivity index (χ4v) is 5.36. The van der Waals surface area contributed by atoms with E-state index < -0.39 is 11.0 Å². The Bertz CT molecular complexity index is 1810. The second-order valence-corrected chi connectivity index (χ2v) is 13.2. The van der Waals surface area contributed by atoms with E-state index in [1.807, 2.05) is 70.2 Å². The Hall–Kier alpha value is -5.04. The number of nitrogens with one attached hydrogen (secondary N) is 1. The summed E-state index contributed by atoms with van der Waals surface area (Å²) < 4.78 is 12.1. The molecule has 1 aliphatic rings. The van der Waals surface area contributed by atoms with Gasteiger partial charge in [0.15, 0.2) is 5.78 Å². The summed E-state index contributed by atoms with van der Waals surface area (Å²) in [7, 11) is 0. The number of ketones is 1. The van der Waals surface area contributed by atoms with Gasteiger partial charge in [0.2, 0.25) is 11.8 Å². The van der Waals surface area contributed by atoms with E-state index in [4.69, 9.17) is 14.5 Å². The van der Waals surface area contributed by atoms with Gasteiger partial charge in [0, 0.05) is 43.3 Å². The van der Waals surface area contributed by atoms with Gasteiger partial charge < -0.3 is 19.7 Å². The van der Waals surface area contributed by atoms with Crippen LogP contribution in [-0.2, 0) is 16.0 Å². The molecule has 1 fully saturated rings. The molecular weight excluding hydrogens is 580 g/mol. The molecule has 10 nitrogen and oxygen atoms in total. The molecule has 10 heteroatoms. The smallest absolute Gasteiger partial charge is 0.410 e. The third-order valence-electron chi connectivity index (χ3n) is 7.93. The van der Waals surface area contributed by atoms with E-state index in [1.165, 1.54) is 0 Å². The number of carbonyl (C=O) groups is 2. The maximum absolute atomic E-state index is 12.9. The van der Waals surface area contributed by atoms with Gasteiger partial charge in [-0.05, 0) is 89.1 Å². The SMILES string of the molecule is Cc1ccc2c(CC(=O)C(C)(C)C#N)cccc2c1Oc1ncccc1-c1ccnc(N[C@H]2CCCN(C(=O)OC(C)(C)C)C2)n1. The zero-order valence-electron chi connectivity index (χ0n) is 27.3. The molecule has 2 aromatic heterocycles. The number of amides is 1. The lowest BCUT2D eigenvalue weighted by Crippen LogP contribution is -2.47. The number of aryl methyl sites for hydroxylation is 1. The van der Waals surface area contributed by atoms with Crippen LogP contribution in [0, 0.1) is 23.7 Å². The highest BCUT2D eigenvalue weighted by Gasteiger charge is 2.29. The number of hydrogen-bond acceptors (Lipinski definition) is 9. The Labute approximate surface area is 269 Å². The predicted molar refractivity (Wildman–Crippen MR) is 177 cm³/mol. The molecule has 1 N–H and O–H groups in total. The second-order valence-electron chi connectivity index (χ2n) is 13.2. The Balaban J connectivity index is 1.39. The minimum absolute atomic E-state index is 0.0284. The van der Waals surface area contributed by atoms with Crippen LogP contribution < -0.4 is 10.1 Å². The van der Waals surface area contributed by atoms with Gasteiger partial charge in [-0.2, -0.15) is 5.26 Å². The van der Waals surface area contributed by atoms with Crippen molar-refractivity contribution in [2.75, 3.05) is 18.4 Å². The van der Waals surface area contributed by atoms with Gasteiger partial charge in [-0.3, -0.25) is 4.79 Å². The quantitative estimate of drug-likeness (QED) is 0.216. The van der Waals surface area contributed by atoms with E-state index >= 15 is 0 Å². The average molecular weight is 621 g/mol. The summed E-state index contributed by atoms with van der Waals surface area (Å²) in [6.07, 6.45) is 4.89. The van der Waals surface area contributed by atoms with Crippen molar-refractivity contribution in [3.05, 3.63) is 72.1 Å². The number of benzene rings is 2. The average Bonchev–Trinajstić information content (AvgIpc) is 3.02. The van der Waals surface area contributed by atoms with Crippen LogP contribution in [-0.4, -0.2) is 56.5 Å². The molecule has 1 amide bonds. The first kappa shape index (κ1) is 32.4. The Morgan fingerprint density at radius 1 is 1.02 bits per heavy atom. The van der Waals surface area contributed by atoms with E-state index in [0.29, 0.717) is 41.9 Å². The van der Waals surface area contributed by atoms with Crippen LogP contribution in [0.4, 0.5) is 10.7 Å². The molecule has 0 spiro atoms. The van der Waals surface area contributed by atoms with E-state index in [-0.39, 0.29) is 24.3 Å². The molecule has 5 rings (SSSR count). The van der Waals surface area contributed by atoms with Crippen molar-refractivity contribution in [2.45, 2.75) is 72.4 Å². The van der Waals surface area contributed by atoms with Crippen LogP contribution in [0.3, 0.4) is 0 Å². The standard InChI is InChI=1S/C36H40N6O4/c1-23-14-15-26-24(20-30(43)36(5,6)22-37)10-7-12-27(26)31(23)45-32-28(13-8-17-38-32)29-16-18-39-33(41-29)40-25-11-9-19-42(21-25)34(44)46-35(2,3)4/h7-8,10,12-18,25H,9,11,19-21H2,1-6H3,(H,39,40,41)/t25-/m0/s1. The van der Waals surface area contributed by atoms with Gasteiger partial charge in [0.1, 0.15) is 16.8 Å². The number of nitrogens with zero attached hydrogens (tertiary/aromatic N) is 5. The number of aromatic nitrogens is 3. The molecule has 0 bridgehead atoms. The highest BCUT2D eigenvalue weighted by Crippen LogP contribution is 2.38. The molecule has 0 unspecified atom stereocenters. The lowest BCUT2D eigenvalue weighted by atomic mass is 9.85. The number of pyridine rings is 1. The van der Waals surface area contributed by atoms with Gasteiger partial charge in [0.25, 0.3) is 0 Å². The van der Waals surface area contributed by atoms with Crippen LogP contribution in [0.25, 0.3) is 22.0 Å². The number of likely N-dealkylation sites (tertiary alicyclic amines) is 1. The van der Waals surface area contributed by atoms with Gasteiger partial charge in [-0.1, -0.05) is 30.3 Å². The van der Waals surface area contributed by atoms with E-state index in [0.717, 1.165) is 34.7 Å². The normalized spacial score (nSPS) is 15.2. The van der Waals surface area contributed by atoms with Crippen molar-refractivity contribution in [1.82, 2.24) is 19.9 Å². The maximum Gasteiger partial charge on any atom is 0.410 e. The fourth-order valence-electron chi connectivity index (χ4n) is 5.36. The molecule has 0 radical (unpaired) electrons. The molecule has 238 valence electrons. The Kier molecular flexibility index (Phi) is 9.24. The van der Waals surface area contributed by atoms with Crippen LogP contribution >= 0.6 is 0 Å². The van der Waals surface area contributed by atoms with Gasteiger partial charge in [-0.15, -0.1) is 0 Å². The summed E-state index contributed by atoms with van der Waals surface area (Å²) in [6, 6.07) is 17.3. The number of piperidine rings is 1. The van der Waals surface area contributed by atoms with Gasteiger partial charge >= 0.3 is 6.09 Å². The van der Waals surface area contributed by atoms with E-state index in [1.54, 1.807) is 37.2 Å². The first-order chi connectivity index (χ1) is 21.8. The summed E-state index contributed by atoms with van der Waals surface area (Å²) in [5, 5.41) is 14.6. The topological polar surface area (TPSA) is 130 Å². The summed E-state index contributed by atoms with van der Waals surface area (Å²) in [5.74, 6) is 1.31. The lowest BCUT2D eigenvalue weighted by molar-refractivity contribution is -0.123. The van der Waals surface area contributed by atoms with Gasteiger partial charge in [0.05, 0.1) is 17.3 Å². The molecule has 0 saturated carbocycles. The molecule has 0 aliphatic carbocycles. The van der Waals surface area contributed by atoms with Crippen molar-refractivity contribution < 1.29 is 19.1 Å². The summed E-state index contributed by atoms with van der Waals surface area (Å²) in [5.41, 5.74) is 1.42. The monoisotopic (exact) mass is 620 g/mol. The van der Waals surface area contributed by atoms with Crippen LogP contribution in [0.2, 0.25) is 0 Å². The number of fused-ring (bicyclic) bond motifs is 1. The van der Waals surface area contributed by atoms with Crippen molar-refractivity contribution in [3.63, 3.8) is 0 Å². The number of nitriles is 1. The molecule has 1 atom stereocenters. The van der Waals surface area contributed by atoms with Crippen molar-refractivity contribution in [3.8, 4) is 29.0 Å². The number of Topliss-reactive ketones (excluding diaryl/α,β-unsaturated/α-hetero) is 1. The highest BCUT2D eigenvalue weighted by molar-refractivity contribution is 5.97. The maximum atomic E-state index is 12.9. The van der Waals surface area contributed by atoms with Crippen molar-refractivity contribution >= 4 is 28.6 Å². The Morgan fingerprint density at radius 2 is 1.83 bits per heavy atom. The number of rotatable bonds is 8.